The van der Waals surface area contributed by atoms with Gasteiger partial charge in [0.2, 0.25) is 10.0 Å². The van der Waals surface area contributed by atoms with Gasteiger partial charge in [-0.15, -0.1) is 0 Å². The van der Waals surface area contributed by atoms with Crippen LogP contribution in [0.5, 0.6) is 5.75 Å². The molecule has 1 aromatic heterocycles. The van der Waals surface area contributed by atoms with Gasteiger partial charge >= 0.3 is 0 Å². The van der Waals surface area contributed by atoms with Crippen molar-refractivity contribution < 1.29 is 17.9 Å². The number of H-pyrrole nitrogens is 1. The van der Waals surface area contributed by atoms with Crippen LogP contribution in [0.4, 0.5) is 5.69 Å². The summed E-state index contributed by atoms with van der Waals surface area (Å²) in [5.41, 5.74) is 1.59. The fourth-order valence-electron chi connectivity index (χ4n) is 2.51. The number of carbonyl (C=O) groups excluding carboxylic acids is 1. The molecule has 1 aromatic carbocycles. The molecule has 0 atom stereocenters. The van der Waals surface area contributed by atoms with E-state index in [0.29, 0.717) is 18.2 Å². The fourth-order valence-corrected chi connectivity index (χ4v) is 3.56. The van der Waals surface area contributed by atoms with Gasteiger partial charge in [-0.1, -0.05) is 0 Å². The van der Waals surface area contributed by atoms with E-state index in [9.17, 15) is 13.2 Å². The first-order valence-electron chi connectivity index (χ1n) is 8.39. The van der Waals surface area contributed by atoms with Crippen LogP contribution in [0.2, 0.25) is 0 Å². The highest BCUT2D eigenvalue weighted by atomic mass is 32.2. The second-order valence-corrected chi connectivity index (χ2v) is 8.44. The Morgan fingerprint density at radius 3 is 2.69 bits per heavy atom. The van der Waals surface area contributed by atoms with Gasteiger partial charge in [-0.05, 0) is 44.0 Å². The minimum Gasteiger partial charge on any atom is -0.492 e. The Bertz CT molecular complexity index is 917. The van der Waals surface area contributed by atoms with Crippen molar-refractivity contribution >= 4 is 21.6 Å². The first kappa shape index (κ1) is 18.4. The van der Waals surface area contributed by atoms with Crippen molar-refractivity contribution in [2.24, 2.45) is 0 Å². The summed E-state index contributed by atoms with van der Waals surface area (Å²) in [4.78, 5) is 12.4. The molecule has 26 heavy (non-hydrogen) atoms. The Kier molecular flexibility index (Phi) is 5.01. The first-order chi connectivity index (χ1) is 12.3. The molecule has 140 valence electrons. The SMILES string of the molecule is CCOc1ccc(NC(=O)c2cc(C3CC3)[nH]n2)cc1S(=O)(=O)N(C)C. The maximum Gasteiger partial charge on any atom is 0.276 e. The minimum absolute atomic E-state index is 0.00264. The van der Waals surface area contributed by atoms with Gasteiger partial charge < -0.3 is 10.1 Å². The number of hydrogen-bond acceptors (Lipinski definition) is 5. The molecule has 1 aliphatic carbocycles. The van der Waals surface area contributed by atoms with Gasteiger partial charge in [0, 0.05) is 31.4 Å². The molecule has 9 heteroatoms. The van der Waals surface area contributed by atoms with Crippen molar-refractivity contribution in [2.45, 2.75) is 30.6 Å². The van der Waals surface area contributed by atoms with Crippen LogP contribution in [-0.4, -0.2) is 49.5 Å². The van der Waals surface area contributed by atoms with E-state index in [4.69, 9.17) is 4.74 Å². The third-order valence-corrected chi connectivity index (χ3v) is 5.94. The van der Waals surface area contributed by atoms with Crippen LogP contribution in [-0.2, 0) is 10.0 Å². The van der Waals surface area contributed by atoms with Crippen LogP contribution in [0.1, 0.15) is 41.9 Å². The molecule has 0 radical (unpaired) electrons. The number of ether oxygens (including phenoxy) is 1. The van der Waals surface area contributed by atoms with Gasteiger partial charge in [-0.2, -0.15) is 5.10 Å². The quantitative estimate of drug-likeness (QED) is 0.768. The number of aromatic amines is 1. The summed E-state index contributed by atoms with van der Waals surface area (Å²) in [5.74, 6) is 0.312. The van der Waals surface area contributed by atoms with Gasteiger partial charge in [0.1, 0.15) is 10.6 Å². The zero-order valence-corrected chi connectivity index (χ0v) is 15.8. The monoisotopic (exact) mass is 378 g/mol. The van der Waals surface area contributed by atoms with E-state index in [0.717, 1.165) is 22.8 Å². The summed E-state index contributed by atoms with van der Waals surface area (Å²) in [7, 11) is -0.829. The van der Waals surface area contributed by atoms with E-state index in [1.54, 1.807) is 19.1 Å². The third kappa shape index (κ3) is 3.73. The van der Waals surface area contributed by atoms with E-state index < -0.39 is 15.9 Å². The van der Waals surface area contributed by atoms with E-state index in [1.165, 1.54) is 26.2 Å². The molecule has 1 fully saturated rings. The van der Waals surface area contributed by atoms with Crippen LogP contribution in [0, 0.1) is 0 Å². The van der Waals surface area contributed by atoms with Crippen molar-refractivity contribution in [3.8, 4) is 5.75 Å². The summed E-state index contributed by atoms with van der Waals surface area (Å²) < 4.78 is 31.6. The van der Waals surface area contributed by atoms with Crippen LogP contribution in [0.25, 0.3) is 0 Å². The maximum absolute atomic E-state index is 12.5. The van der Waals surface area contributed by atoms with Gasteiger partial charge in [0.15, 0.2) is 5.69 Å². The molecule has 3 rings (SSSR count). The fraction of sp³-hybridized carbons (Fsp3) is 0.412. The van der Waals surface area contributed by atoms with E-state index in [1.807, 2.05) is 0 Å². The van der Waals surface area contributed by atoms with Crippen molar-refractivity contribution in [1.82, 2.24) is 14.5 Å². The molecular formula is C17H22N4O4S. The summed E-state index contributed by atoms with van der Waals surface area (Å²) in [6, 6.07) is 6.27. The molecule has 2 N–H and O–H groups in total. The lowest BCUT2D eigenvalue weighted by Crippen LogP contribution is -2.23. The second-order valence-electron chi connectivity index (χ2n) is 6.32. The van der Waals surface area contributed by atoms with E-state index >= 15 is 0 Å². The smallest absolute Gasteiger partial charge is 0.276 e. The van der Waals surface area contributed by atoms with E-state index in [2.05, 4.69) is 15.5 Å². The molecule has 0 bridgehead atoms. The molecule has 8 nitrogen and oxygen atoms in total. The van der Waals surface area contributed by atoms with Gasteiger partial charge in [0.05, 0.1) is 6.61 Å². The Hall–Kier alpha value is -2.39. The highest BCUT2D eigenvalue weighted by Gasteiger charge is 2.27. The van der Waals surface area contributed by atoms with E-state index in [-0.39, 0.29) is 16.3 Å². The molecule has 0 unspecified atom stereocenters. The Morgan fingerprint density at radius 2 is 2.08 bits per heavy atom. The number of hydrogen-bond donors (Lipinski definition) is 2. The highest BCUT2D eigenvalue weighted by molar-refractivity contribution is 7.89. The molecule has 1 aliphatic rings. The normalized spacial score (nSPS) is 14.5. The number of nitrogens with zero attached hydrogens (tertiary/aromatic N) is 2. The number of sulfonamides is 1. The lowest BCUT2D eigenvalue weighted by molar-refractivity contribution is 0.102. The van der Waals surface area contributed by atoms with Crippen LogP contribution in [0.3, 0.4) is 0 Å². The largest absolute Gasteiger partial charge is 0.492 e. The number of carbonyl (C=O) groups is 1. The number of aromatic nitrogens is 2. The summed E-state index contributed by atoms with van der Waals surface area (Å²) in [6.45, 7) is 2.11. The van der Waals surface area contributed by atoms with Crippen LogP contribution >= 0.6 is 0 Å². The molecule has 1 saturated carbocycles. The van der Waals surface area contributed by atoms with Crippen molar-refractivity contribution in [3.63, 3.8) is 0 Å². The van der Waals surface area contributed by atoms with Crippen molar-refractivity contribution in [1.29, 1.82) is 0 Å². The predicted molar refractivity (Wildman–Crippen MR) is 97.0 cm³/mol. The molecule has 1 heterocycles. The Morgan fingerprint density at radius 1 is 1.35 bits per heavy atom. The van der Waals surface area contributed by atoms with Crippen LogP contribution in [0.15, 0.2) is 29.2 Å². The molecule has 1 amide bonds. The maximum atomic E-state index is 12.5. The van der Waals surface area contributed by atoms with Gasteiger partial charge in [-0.3, -0.25) is 9.89 Å². The van der Waals surface area contributed by atoms with Gasteiger partial charge in [-0.25, -0.2) is 12.7 Å². The predicted octanol–water partition coefficient (Wildman–Crippen LogP) is 2.19. The second kappa shape index (κ2) is 7.08. The lowest BCUT2D eigenvalue weighted by atomic mass is 10.2. The average molecular weight is 378 g/mol. The third-order valence-electron chi connectivity index (χ3n) is 4.11. The zero-order valence-electron chi connectivity index (χ0n) is 14.9. The Labute approximate surface area is 152 Å². The molecular weight excluding hydrogens is 356 g/mol. The number of anilines is 1. The summed E-state index contributed by atoms with van der Waals surface area (Å²) in [6.07, 6.45) is 2.21. The van der Waals surface area contributed by atoms with Gasteiger partial charge in [0.25, 0.3) is 5.91 Å². The lowest BCUT2D eigenvalue weighted by Gasteiger charge is -2.16. The van der Waals surface area contributed by atoms with Crippen molar-refractivity contribution in [3.05, 3.63) is 35.7 Å². The highest BCUT2D eigenvalue weighted by Crippen LogP contribution is 2.39. The average Bonchev–Trinajstić information content (AvgIpc) is 3.33. The summed E-state index contributed by atoms with van der Waals surface area (Å²) in [5, 5.41) is 9.60. The molecule has 0 aliphatic heterocycles. The topological polar surface area (TPSA) is 104 Å². The minimum atomic E-state index is -3.72. The number of amides is 1. The zero-order chi connectivity index (χ0) is 18.9. The molecule has 0 saturated heterocycles. The Balaban J connectivity index is 1.86. The van der Waals surface area contributed by atoms with Crippen molar-refractivity contribution in [2.75, 3.05) is 26.0 Å². The number of rotatable bonds is 7. The summed E-state index contributed by atoms with van der Waals surface area (Å²) >= 11 is 0. The number of nitrogens with one attached hydrogen (secondary N) is 2. The molecule has 0 spiro atoms. The van der Waals surface area contributed by atoms with Crippen LogP contribution < -0.4 is 10.1 Å². The standard InChI is InChI=1S/C17H22N4O4S/c1-4-25-15-8-7-12(9-16(15)26(23,24)21(2)3)18-17(22)14-10-13(19-20-14)11-5-6-11/h7-11H,4-6H2,1-3H3,(H,18,22)(H,19,20). The number of benzene rings is 1. The molecule has 2 aromatic rings. The first-order valence-corrected chi connectivity index (χ1v) is 9.83.